The van der Waals surface area contributed by atoms with Crippen molar-refractivity contribution >= 4 is 14.1 Å². The van der Waals surface area contributed by atoms with E-state index in [1.807, 2.05) is 0 Å². The average molecular weight is 343 g/mol. The lowest BCUT2D eigenvalue weighted by Gasteiger charge is -2.14. The van der Waals surface area contributed by atoms with Crippen molar-refractivity contribution in [2.45, 2.75) is 24.9 Å². The van der Waals surface area contributed by atoms with Crippen LogP contribution in [0.1, 0.15) is 18.2 Å². The number of nitrogen functional groups attached to an aromatic ring is 1. The molecule has 2 heterocycles. The van der Waals surface area contributed by atoms with E-state index in [9.17, 15) is 14.5 Å². The minimum Gasteiger partial charge on any atom is -0.390 e. The summed E-state index contributed by atoms with van der Waals surface area (Å²) in [5.41, 5.74) is 10.6. The molecule has 6 N–H and O–H groups in total. The summed E-state index contributed by atoms with van der Waals surface area (Å²) in [7, 11) is -2.80. The SMILES string of the molecule is NCC#Cc1cn([C@H]2CC(O)[C@@H](CO[P+](=O)O)O2)c(=O)nc1N. The number of aliphatic hydroxyl groups excluding tert-OH is 1. The number of anilines is 1. The second kappa shape index (κ2) is 7.61. The number of aromatic nitrogens is 2. The van der Waals surface area contributed by atoms with Crippen molar-refractivity contribution < 1.29 is 23.8 Å². The Hall–Kier alpha value is -1.86. The van der Waals surface area contributed by atoms with Crippen LogP contribution in [-0.2, 0) is 13.8 Å². The van der Waals surface area contributed by atoms with Crippen molar-refractivity contribution in [3.8, 4) is 11.8 Å². The molecule has 0 amide bonds. The Kier molecular flexibility index (Phi) is 5.79. The van der Waals surface area contributed by atoms with E-state index in [0.29, 0.717) is 5.56 Å². The molecular weight excluding hydrogens is 327 g/mol. The van der Waals surface area contributed by atoms with Crippen LogP contribution in [0.25, 0.3) is 0 Å². The molecule has 1 aromatic rings. The summed E-state index contributed by atoms with van der Waals surface area (Å²) in [6, 6.07) is 0. The first kappa shape index (κ1) is 17.5. The molecule has 1 fully saturated rings. The van der Waals surface area contributed by atoms with Crippen LogP contribution in [0.5, 0.6) is 0 Å². The molecule has 0 saturated carbocycles. The topological polar surface area (TPSA) is 163 Å². The summed E-state index contributed by atoms with van der Waals surface area (Å²) in [6.07, 6.45) is -1.15. The van der Waals surface area contributed by atoms with Crippen LogP contribution >= 0.6 is 8.25 Å². The monoisotopic (exact) mass is 343 g/mol. The first-order valence-electron chi connectivity index (χ1n) is 6.62. The summed E-state index contributed by atoms with van der Waals surface area (Å²) in [5, 5.41) is 9.90. The predicted octanol–water partition coefficient (Wildman–Crippen LogP) is -1.55. The van der Waals surface area contributed by atoms with Crippen molar-refractivity contribution in [1.82, 2.24) is 9.55 Å². The predicted molar refractivity (Wildman–Crippen MR) is 79.2 cm³/mol. The van der Waals surface area contributed by atoms with Crippen molar-refractivity contribution in [2.75, 3.05) is 18.9 Å². The van der Waals surface area contributed by atoms with Gasteiger partial charge in [-0.15, -0.1) is 9.42 Å². The lowest BCUT2D eigenvalue weighted by atomic mass is 10.2. The zero-order valence-corrected chi connectivity index (χ0v) is 12.8. The fraction of sp³-hybridized carbons (Fsp3) is 0.500. The molecule has 11 heteroatoms. The molecule has 0 aromatic carbocycles. The minimum absolute atomic E-state index is 0.0251. The Labute approximate surface area is 132 Å². The first-order valence-corrected chi connectivity index (χ1v) is 7.75. The van der Waals surface area contributed by atoms with Crippen LogP contribution in [0.15, 0.2) is 11.0 Å². The average Bonchev–Trinajstić information content (AvgIpc) is 2.85. The van der Waals surface area contributed by atoms with Gasteiger partial charge in [0.2, 0.25) is 0 Å². The van der Waals surface area contributed by atoms with Crippen LogP contribution in [0.4, 0.5) is 5.82 Å². The fourth-order valence-corrected chi connectivity index (χ4v) is 2.38. The molecule has 1 aliphatic heterocycles. The first-order chi connectivity index (χ1) is 10.9. The maximum atomic E-state index is 12.0. The Balaban J connectivity index is 2.22. The maximum Gasteiger partial charge on any atom is 0.694 e. The zero-order chi connectivity index (χ0) is 17.0. The van der Waals surface area contributed by atoms with E-state index in [0.717, 1.165) is 4.57 Å². The lowest BCUT2D eigenvalue weighted by Crippen LogP contribution is -2.29. The van der Waals surface area contributed by atoms with Gasteiger partial charge in [-0.3, -0.25) is 4.57 Å². The summed E-state index contributed by atoms with van der Waals surface area (Å²) >= 11 is 0. The molecule has 2 rings (SSSR count). The van der Waals surface area contributed by atoms with E-state index < -0.39 is 32.4 Å². The number of nitrogens with zero attached hydrogens (tertiary/aromatic N) is 2. The van der Waals surface area contributed by atoms with Crippen LogP contribution in [-0.4, -0.2) is 44.9 Å². The van der Waals surface area contributed by atoms with Crippen molar-refractivity contribution in [1.29, 1.82) is 0 Å². The minimum atomic E-state index is -2.80. The largest absolute Gasteiger partial charge is 0.694 e. The highest BCUT2D eigenvalue weighted by atomic mass is 31.1. The van der Waals surface area contributed by atoms with Crippen LogP contribution < -0.4 is 17.2 Å². The molecule has 0 bridgehead atoms. The van der Waals surface area contributed by atoms with Crippen LogP contribution in [0.2, 0.25) is 0 Å². The third kappa shape index (κ3) is 4.33. The van der Waals surface area contributed by atoms with Crippen LogP contribution in [0, 0.1) is 11.8 Å². The molecular formula is C12H16N4O6P+. The maximum absolute atomic E-state index is 12.0. The van der Waals surface area contributed by atoms with Gasteiger partial charge in [0, 0.05) is 17.2 Å². The van der Waals surface area contributed by atoms with E-state index in [1.165, 1.54) is 6.20 Å². The Morgan fingerprint density at radius 1 is 1.61 bits per heavy atom. The summed E-state index contributed by atoms with van der Waals surface area (Å²) in [6.45, 7) is -0.156. The molecule has 0 aliphatic carbocycles. The number of hydrogen-bond donors (Lipinski definition) is 4. The van der Waals surface area contributed by atoms with Gasteiger partial charge in [0.15, 0.2) is 0 Å². The van der Waals surface area contributed by atoms with Crippen molar-refractivity contribution in [2.24, 2.45) is 5.73 Å². The Morgan fingerprint density at radius 3 is 3.00 bits per heavy atom. The summed E-state index contributed by atoms with van der Waals surface area (Å²) < 4.78 is 21.7. The van der Waals surface area contributed by atoms with E-state index >= 15 is 0 Å². The Morgan fingerprint density at radius 2 is 2.35 bits per heavy atom. The van der Waals surface area contributed by atoms with Gasteiger partial charge < -0.3 is 21.3 Å². The van der Waals surface area contributed by atoms with Crippen molar-refractivity contribution in [3.63, 3.8) is 0 Å². The molecule has 10 nitrogen and oxygen atoms in total. The quantitative estimate of drug-likeness (QED) is 0.374. The highest BCUT2D eigenvalue weighted by molar-refractivity contribution is 7.32. The molecule has 0 radical (unpaired) electrons. The third-order valence-corrected chi connectivity index (χ3v) is 3.54. The number of hydrogen-bond acceptors (Lipinski definition) is 8. The number of ether oxygens (including phenoxy) is 1. The van der Waals surface area contributed by atoms with Gasteiger partial charge in [0.1, 0.15) is 24.8 Å². The molecule has 4 atom stereocenters. The Bertz CT molecular complexity index is 712. The van der Waals surface area contributed by atoms with E-state index in [4.69, 9.17) is 21.1 Å². The number of nitrogens with two attached hydrogens (primary N) is 2. The van der Waals surface area contributed by atoms with E-state index in [-0.39, 0.29) is 25.4 Å². The van der Waals surface area contributed by atoms with Gasteiger partial charge in [-0.2, -0.15) is 4.98 Å². The van der Waals surface area contributed by atoms with Gasteiger partial charge in [-0.05, 0) is 0 Å². The second-order valence-electron chi connectivity index (χ2n) is 4.70. The number of rotatable bonds is 4. The van der Waals surface area contributed by atoms with Gasteiger partial charge in [0.25, 0.3) is 0 Å². The zero-order valence-electron chi connectivity index (χ0n) is 12.0. The third-order valence-electron chi connectivity index (χ3n) is 3.17. The molecule has 1 aliphatic rings. The molecule has 124 valence electrons. The lowest BCUT2D eigenvalue weighted by molar-refractivity contribution is -0.0412. The molecule has 2 unspecified atom stereocenters. The summed E-state index contributed by atoms with van der Waals surface area (Å²) in [5.74, 6) is 5.27. The smallest absolute Gasteiger partial charge is 0.390 e. The second-order valence-corrected chi connectivity index (χ2v) is 5.44. The summed E-state index contributed by atoms with van der Waals surface area (Å²) in [4.78, 5) is 24.2. The normalized spacial score (nSPS) is 24.1. The van der Waals surface area contributed by atoms with Crippen molar-refractivity contribution in [3.05, 3.63) is 22.2 Å². The highest BCUT2D eigenvalue weighted by Crippen LogP contribution is 2.30. The van der Waals surface area contributed by atoms with Gasteiger partial charge in [-0.1, -0.05) is 11.8 Å². The molecule has 1 aromatic heterocycles. The van der Waals surface area contributed by atoms with Gasteiger partial charge in [0.05, 0.1) is 18.2 Å². The molecule has 1 saturated heterocycles. The molecule has 23 heavy (non-hydrogen) atoms. The van der Waals surface area contributed by atoms with Gasteiger partial charge >= 0.3 is 13.9 Å². The van der Waals surface area contributed by atoms with Gasteiger partial charge in [-0.25, -0.2) is 4.79 Å². The van der Waals surface area contributed by atoms with Crippen LogP contribution in [0.3, 0.4) is 0 Å². The molecule has 0 spiro atoms. The van der Waals surface area contributed by atoms with E-state index in [2.05, 4.69) is 21.3 Å². The van der Waals surface area contributed by atoms with E-state index in [1.54, 1.807) is 0 Å². The highest BCUT2D eigenvalue weighted by Gasteiger charge is 2.37. The number of aliphatic hydroxyl groups is 1. The standard InChI is InChI=1S/C12H15N4O6P/c13-3-1-2-7-5-16(12(18)15-11(7)14)10-4-8(17)9(22-10)6-21-23(19)20/h5,8-10,17H,3-4,6,13H2,(H2-,14,15,18,19,20)/p+1/t8?,9-,10-/m1/s1. The fourth-order valence-electron chi connectivity index (χ4n) is 2.10.